The zero-order valence-corrected chi connectivity index (χ0v) is 19.3. The number of hydrogen-bond acceptors (Lipinski definition) is 5. The highest BCUT2D eigenvalue weighted by Crippen LogP contribution is 2.48. The first kappa shape index (κ1) is 26.5. The average molecular weight is 520 g/mol. The minimum Gasteiger partial charge on any atom is -0.478 e. The molecule has 190 valence electrons. The second-order valence-electron chi connectivity index (χ2n) is 8.41. The number of fused-ring (bicyclic) bond motifs is 1. The number of amides is 1. The van der Waals surface area contributed by atoms with Crippen molar-refractivity contribution in [1.82, 2.24) is 4.90 Å². The van der Waals surface area contributed by atoms with E-state index in [4.69, 9.17) is 15.0 Å². The standard InChI is InChI=1S/C20H20F2N2O3S.C2HF3O2/c1-12-6-16(13(2)28-12)24-10-19(21)9-23(11-20(19,22)18(24)27)8-14-4-3-5-15(7-14)17(25)26;3-2(4,5)1(6)7/h3-7H,8-11H2,1-2H3,(H,25,26);(H,6,7)/t19-,20+;/m0./s1. The van der Waals surface area contributed by atoms with E-state index >= 15 is 8.78 Å². The van der Waals surface area contributed by atoms with Crippen LogP contribution in [0.2, 0.25) is 0 Å². The van der Waals surface area contributed by atoms with Crippen molar-refractivity contribution in [3.05, 3.63) is 51.2 Å². The Morgan fingerprint density at radius 2 is 1.71 bits per heavy atom. The molecule has 1 aromatic carbocycles. The van der Waals surface area contributed by atoms with Crippen LogP contribution in [0, 0.1) is 13.8 Å². The van der Waals surface area contributed by atoms with E-state index in [0.717, 1.165) is 9.75 Å². The van der Waals surface area contributed by atoms with Crippen LogP contribution < -0.4 is 4.90 Å². The number of thiophene rings is 1. The number of aryl methyl sites for hydroxylation is 2. The van der Waals surface area contributed by atoms with Gasteiger partial charge in [0.15, 0.2) is 5.67 Å². The van der Waals surface area contributed by atoms with Gasteiger partial charge in [-0.2, -0.15) is 13.2 Å². The Labute approximate surface area is 200 Å². The van der Waals surface area contributed by atoms with Crippen molar-refractivity contribution in [3.63, 3.8) is 0 Å². The van der Waals surface area contributed by atoms with Crippen LogP contribution in [0.1, 0.15) is 25.7 Å². The summed E-state index contributed by atoms with van der Waals surface area (Å²) in [4.78, 5) is 37.5. The largest absolute Gasteiger partial charge is 0.490 e. The van der Waals surface area contributed by atoms with Crippen molar-refractivity contribution >= 4 is 34.9 Å². The minimum atomic E-state index is -5.08. The Hall–Kier alpha value is -3.06. The Morgan fingerprint density at radius 3 is 2.20 bits per heavy atom. The summed E-state index contributed by atoms with van der Waals surface area (Å²) in [5.41, 5.74) is -3.55. The molecule has 2 aromatic rings. The highest BCUT2D eigenvalue weighted by molar-refractivity contribution is 7.12. The van der Waals surface area contributed by atoms with Gasteiger partial charge in [0.25, 0.3) is 5.91 Å². The molecule has 3 heterocycles. The lowest BCUT2D eigenvalue weighted by Crippen LogP contribution is -2.47. The van der Waals surface area contributed by atoms with Crippen molar-refractivity contribution in [1.29, 1.82) is 0 Å². The maximum absolute atomic E-state index is 15.6. The van der Waals surface area contributed by atoms with Gasteiger partial charge in [-0.3, -0.25) is 9.69 Å². The van der Waals surface area contributed by atoms with E-state index in [9.17, 15) is 22.8 Å². The van der Waals surface area contributed by atoms with Crippen molar-refractivity contribution in [3.8, 4) is 0 Å². The number of carboxylic acid groups (broad SMARTS) is 2. The number of nitrogens with zero attached hydrogens (tertiary/aromatic N) is 2. The van der Waals surface area contributed by atoms with E-state index in [1.807, 2.05) is 13.8 Å². The van der Waals surface area contributed by atoms with Gasteiger partial charge in [0.1, 0.15) is 0 Å². The topological polar surface area (TPSA) is 98.2 Å². The van der Waals surface area contributed by atoms with Gasteiger partial charge in [0.05, 0.1) is 17.8 Å². The van der Waals surface area contributed by atoms with Crippen LogP contribution in [0.4, 0.5) is 27.6 Å². The highest BCUT2D eigenvalue weighted by atomic mass is 32.1. The second-order valence-corrected chi connectivity index (χ2v) is 9.87. The third kappa shape index (κ3) is 5.15. The second kappa shape index (κ2) is 9.19. The summed E-state index contributed by atoms with van der Waals surface area (Å²) in [6.45, 7) is 3.04. The quantitative estimate of drug-likeness (QED) is 0.592. The molecule has 0 saturated carbocycles. The van der Waals surface area contributed by atoms with E-state index in [1.165, 1.54) is 28.4 Å². The molecule has 13 heteroatoms. The van der Waals surface area contributed by atoms with Gasteiger partial charge >= 0.3 is 18.1 Å². The maximum atomic E-state index is 15.6. The third-order valence-electron chi connectivity index (χ3n) is 5.75. The van der Waals surface area contributed by atoms with Crippen LogP contribution in [-0.2, 0) is 16.1 Å². The van der Waals surface area contributed by atoms with E-state index in [2.05, 4.69) is 0 Å². The summed E-state index contributed by atoms with van der Waals surface area (Å²) in [5, 5.41) is 16.2. The smallest absolute Gasteiger partial charge is 0.478 e. The van der Waals surface area contributed by atoms with E-state index < -0.39 is 35.4 Å². The fourth-order valence-electron chi connectivity index (χ4n) is 4.21. The van der Waals surface area contributed by atoms with Gasteiger partial charge < -0.3 is 15.1 Å². The highest BCUT2D eigenvalue weighted by Gasteiger charge is 2.71. The number of carbonyl (C=O) groups is 3. The summed E-state index contributed by atoms with van der Waals surface area (Å²) >= 11 is 1.49. The van der Waals surface area contributed by atoms with Gasteiger partial charge in [-0.1, -0.05) is 12.1 Å². The van der Waals surface area contributed by atoms with E-state index in [0.29, 0.717) is 11.3 Å². The third-order valence-corrected chi connectivity index (χ3v) is 6.70. The Bertz CT molecular complexity index is 1170. The summed E-state index contributed by atoms with van der Waals surface area (Å²) < 4.78 is 62.9. The van der Waals surface area contributed by atoms with Crippen molar-refractivity contribution < 1.29 is 46.5 Å². The SMILES string of the molecule is Cc1cc(N2C[C@@]3(F)CN(Cc4cccc(C(=O)O)c4)C[C@@]3(F)C2=O)c(C)s1.O=C(O)C(F)(F)F. The lowest BCUT2D eigenvalue weighted by molar-refractivity contribution is -0.192. The monoisotopic (exact) mass is 520 g/mol. The number of alkyl halides is 5. The van der Waals surface area contributed by atoms with E-state index in [-0.39, 0.29) is 31.7 Å². The molecule has 0 radical (unpaired) electrons. The molecule has 2 saturated heterocycles. The summed E-state index contributed by atoms with van der Waals surface area (Å²) in [6.07, 6.45) is -5.08. The molecule has 0 bridgehead atoms. The molecule has 7 nitrogen and oxygen atoms in total. The molecule has 2 fully saturated rings. The van der Waals surface area contributed by atoms with Crippen LogP contribution in [0.3, 0.4) is 0 Å². The zero-order chi connectivity index (χ0) is 26.3. The minimum absolute atomic E-state index is 0.118. The van der Waals surface area contributed by atoms with Crippen LogP contribution in [0.5, 0.6) is 0 Å². The number of hydrogen-bond donors (Lipinski definition) is 2. The Balaban J connectivity index is 0.000000429. The predicted octanol–water partition coefficient (Wildman–Crippen LogP) is 3.98. The van der Waals surface area contributed by atoms with Gasteiger partial charge in [0, 0.05) is 29.4 Å². The molecule has 35 heavy (non-hydrogen) atoms. The van der Waals surface area contributed by atoms with Crippen LogP contribution in [-0.4, -0.2) is 70.1 Å². The lowest BCUT2D eigenvalue weighted by atomic mass is 9.93. The van der Waals surface area contributed by atoms with E-state index in [1.54, 1.807) is 23.1 Å². The Kier molecular flexibility index (Phi) is 6.97. The first-order valence-corrected chi connectivity index (χ1v) is 11.0. The molecule has 0 aliphatic carbocycles. The predicted molar refractivity (Wildman–Crippen MR) is 116 cm³/mol. The summed E-state index contributed by atoms with van der Waals surface area (Å²) in [5.74, 6) is -4.65. The number of carbonyl (C=O) groups excluding carboxylic acids is 1. The Morgan fingerprint density at radius 1 is 1.09 bits per heavy atom. The first-order valence-electron chi connectivity index (χ1n) is 10.2. The van der Waals surface area contributed by atoms with Crippen LogP contribution >= 0.6 is 11.3 Å². The number of halogens is 5. The van der Waals surface area contributed by atoms with Gasteiger partial charge in [-0.05, 0) is 37.6 Å². The molecular formula is C22H21F5N2O5S. The maximum Gasteiger partial charge on any atom is 0.490 e. The molecule has 2 N–H and O–H groups in total. The fraction of sp³-hybridized carbons (Fsp3) is 0.409. The number of likely N-dealkylation sites (tertiary alicyclic amines) is 1. The summed E-state index contributed by atoms with van der Waals surface area (Å²) in [6, 6.07) is 8.05. The average Bonchev–Trinajstić information content (AvgIpc) is 3.26. The number of rotatable bonds is 4. The summed E-state index contributed by atoms with van der Waals surface area (Å²) in [7, 11) is 0. The zero-order valence-electron chi connectivity index (χ0n) is 18.5. The first-order chi connectivity index (χ1) is 16.1. The number of aliphatic carboxylic acids is 1. The number of anilines is 1. The van der Waals surface area contributed by atoms with Gasteiger partial charge in [-0.15, -0.1) is 11.3 Å². The molecule has 4 rings (SSSR count). The molecule has 2 aliphatic heterocycles. The molecule has 2 atom stereocenters. The van der Waals surface area contributed by atoms with Crippen molar-refractivity contribution in [2.45, 2.75) is 37.9 Å². The normalized spacial score (nSPS) is 24.2. The molecule has 1 aromatic heterocycles. The van der Waals surface area contributed by atoms with Crippen LogP contribution in [0.15, 0.2) is 30.3 Å². The molecule has 1 amide bonds. The number of benzene rings is 1. The number of carboxylic acids is 2. The van der Waals surface area contributed by atoms with Crippen molar-refractivity contribution in [2.75, 3.05) is 24.5 Å². The van der Waals surface area contributed by atoms with Gasteiger partial charge in [0.2, 0.25) is 5.67 Å². The fourth-order valence-corrected chi connectivity index (χ4v) is 5.14. The van der Waals surface area contributed by atoms with Crippen LogP contribution in [0.25, 0.3) is 0 Å². The molecule has 2 aliphatic rings. The van der Waals surface area contributed by atoms with Gasteiger partial charge in [-0.25, -0.2) is 18.4 Å². The molecule has 0 unspecified atom stereocenters. The lowest BCUT2D eigenvalue weighted by Gasteiger charge is -2.22. The molecule has 0 spiro atoms. The number of aromatic carboxylic acids is 1. The molecular weight excluding hydrogens is 499 g/mol. The van der Waals surface area contributed by atoms with Crippen molar-refractivity contribution in [2.24, 2.45) is 0 Å².